The van der Waals surface area contributed by atoms with E-state index in [0.717, 1.165) is 18.4 Å². The van der Waals surface area contributed by atoms with Crippen LogP contribution in [-0.2, 0) is 4.74 Å². The SMILES string of the molecule is CCCCCCCCC/C(=C/OC)c1cc(Cl)cc(Cl)c1O. The van der Waals surface area contributed by atoms with Crippen molar-refractivity contribution >= 4 is 28.8 Å². The van der Waals surface area contributed by atoms with Crippen LogP contribution in [0.2, 0.25) is 10.0 Å². The third-order valence-corrected chi connectivity index (χ3v) is 4.19. The molecule has 0 radical (unpaired) electrons. The molecule has 0 aliphatic carbocycles. The van der Waals surface area contributed by atoms with Gasteiger partial charge in [0.1, 0.15) is 5.75 Å². The maximum Gasteiger partial charge on any atom is 0.141 e. The number of hydrogen-bond donors (Lipinski definition) is 1. The summed E-state index contributed by atoms with van der Waals surface area (Å²) in [5.74, 6) is 0.0670. The molecule has 0 aliphatic rings. The number of benzene rings is 1. The molecule has 0 saturated heterocycles. The highest BCUT2D eigenvalue weighted by Gasteiger charge is 2.12. The van der Waals surface area contributed by atoms with E-state index in [-0.39, 0.29) is 10.8 Å². The highest BCUT2D eigenvalue weighted by molar-refractivity contribution is 6.35. The Morgan fingerprint density at radius 3 is 2.36 bits per heavy atom. The van der Waals surface area contributed by atoms with E-state index in [2.05, 4.69) is 6.92 Å². The number of phenolic OH excluding ortho intramolecular Hbond substituents is 1. The largest absolute Gasteiger partial charge is 0.506 e. The zero-order chi connectivity index (χ0) is 16.4. The minimum absolute atomic E-state index is 0.0670. The van der Waals surface area contributed by atoms with Gasteiger partial charge in [-0.1, -0.05) is 68.7 Å². The summed E-state index contributed by atoms with van der Waals surface area (Å²) in [6.07, 6.45) is 11.2. The summed E-state index contributed by atoms with van der Waals surface area (Å²) >= 11 is 12.0. The number of ether oxygens (including phenoxy) is 1. The monoisotopic (exact) mass is 344 g/mol. The Labute approximate surface area is 144 Å². The van der Waals surface area contributed by atoms with Crippen molar-refractivity contribution in [2.75, 3.05) is 7.11 Å². The Balaban J connectivity index is 2.58. The Morgan fingerprint density at radius 1 is 1.09 bits per heavy atom. The van der Waals surface area contributed by atoms with Gasteiger partial charge in [0, 0.05) is 10.6 Å². The lowest BCUT2D eigenvalue weighted by Gasteiger charge is -2.11. The van der Waals surface area contributed by atoms with Gasteiger partial charge < -0.3 is 9.84 Å². The quantitative estimate of drug-likeness (QED) is 0.372. The molecule has 1 aromatic carbocycles. The summed E-state index contributed by atoms with van der Waals surface area (Å²) in [7, 11) is 1.61. The highest BCUT2D eigenvalue weighted by Crippen LogP contribution is 2.37. The fourth-order valence-electron chi connectivity index (χ4n) is 2.48. The molecule has 0 amide bonds. The van der Waals surface area contributed by atoms with Crippen LogP contribution < -0.4 is 0 Å². The summed E-state index contributed by atoms with van der Waals surface area (Å²) in [6.45, 7) is 2.23. The van der Waals surface area contributed by atoms with Crippen molar-refractivity contribution in [3.05, 3.63) is 34.0 Å². The molecular formula is C18H26Cl2O2. The van der Waals surface area contributed by atoms with Gasteiger partial charge in [-0.3, -0.25) is 0 Å². The topological polar surface area (TPSA) is 29.5 Å². The summed E-state index contributed by atoms with van der Waals surface area (Å²) in [4.78, 5) is 0. The van der Waals surface area contributed by atoms with E-state index in [1.165, 1.54) is 38.5 Å². The van der Waals surface area contributed by atoms with Crippen LogP contribution in [0.15, 0.2) is 18.4 Å². The molecule has 0 unspecified atom stereocenters. The number of aromatic hydroxyl groups is 1. The number of unbranched alkanes of at least 4 members (excludes halogenated alkanes) is 6. The standard InChI is InChI=1S/C18H26Cl2O2/c1-3-4-5-6-7-8-9-10-14(13-22-2)16-11-15(19)12-17(20)18(16)21/h11-13,21H,3-10H2,1-2H3/b14-13-. The lowest BCUT2D eigenvalue weighted by molar-refractivity contribution is 0.338. The maximum absolute atomic E-state index is 10.1. The first-order chi connectivity index (χ1) is 10.6. The van der Waals surface area contributed by atoms with Crippen molar-refractivity contribution in [2.45, 2.75) is 58.3 Å². The van der Waals surface area contributed by atoms with E-state index in [0.29, 0.717) is 10.6 Å². The summed E-state index contributed by atoms with van der Waals surface area (Å²) in [6, 6.07) is 3.27. The zero-order valence-corrected chi connectivity index (χ0v) is 15.0. The molecule has 4 heteroatoms. The molecule has 0 heterocycles. The Bertz CT molecular complexity index is 484. The van der Waals surface area contributed by atoms with Crippen LogP contribution in [0.1, 0.15) is 63.9 Å². The molecule has 124 valence electrons. The van der Waals surface area contributed by atoms with Gasteiger partial charge in [0.2, 0.25) is 0 Å². The molecule has 1 aromatic rings. The van der Waals surface area contributed by atoms with Gasteiger partial charge in [0.15, 0.2) is 0 Å². The third kappa shape index (κ3) is 6.50. The van der Waals surface area contributed by atoms with Gasteiger partial charge in [0.25, 0.3) is 0 Å². The molecule has 22 heavy (non-hydrogen) atoms. The number of rotatable bonds is 10. The van der Waals surface area contributed by atoms with Crippen molar-refractivity contribution in [1.29, 1.82) is 0 Å². The summed E-state index contributed by atoms with van der Waals surface area (Å²) in [5.41, 5.74) is 1.59. The Hall–Kier alpha value is -0.860. The average molecular weight is 345 g/mol. The number of hydrogen-bond acceptors (Lipinski definition) is 2. The molecule has 0 bridgehead atoms. The van der Waals surface area contributed by atoms with Crippen molar-refractivity contribution in [3.63, 3.8) is 0 Å². The lowest BCUT2D eigenvalue weighted by Crippen LogP contribution is -1.90. The molecule has 2 nitrogen and oxygen atoms in total. The second-order valence-electron chi connectivity index (χ2n) is 5.53. The highest BCUT2D eigenvalue weighted by atomic mass is 35.5. The summed E-state index contributed by atoms with van der Waals surface area (Å²) < 4.78 is 5.14. The number of methoxy groups -OCH3 is 1. The molecule has 0 fully saturated rings. The fraction of sp³-hybridized carbons (Fsp3) is 0.556. The molecule has 1 rings (SSSR count). The average Bonchev–Trinajstić information content (AvgIpc) is 2.49. The first-order valence-electron chi connectivity index (χ1n) is 8.00. The smallest absolute Gasteiger partial charge is 0.141 e. The normalized spacial score (nSPS) is 11.7. The predicted octanol–water partition coefficient (Wildman–Crippen LogP) is 6.83. The molecule has 0 spiro atoms. The van der Waals surface area contributed by atoms with Crippen molar-refractivity contribution in [1.82, 2.24) is 0 Å². The van der Waals surface area contributed by atoms with E-state index in [9.17, 15) is 5.11 Å². The van der Waals surface area contributed by atoms with Crippen LogP contribution >= 0.6 is 23.2 Å². The van der Waals surface area contributed by atoms with E-state index in [1.807, 2.05) is 0 Å². The first-order valence-corrected chi connectivity index (χ1v) is 8.76. The Kier molecular flexibility index (Phi) is 9.42. The van der Waals surface area contributed by atoms with E-state index < -0.39 is 0 Å². The molecule has 0 aliphatic heterocycles. The van der Waals surface area contributed by atoms with Crippen LogP contribution in [0, 0.1) is 0 Å². The molecule has 0 aromatic heterocycles. The first kappa shape index (κ1) is 19.2. The summed E-state index contributed by atoms with van der Waals surface area (Å²) in [5, 5.41) is 10.9. The van der Waals surface area contributed by atoms with Gasteiger partial charge in [-0.2, -0.15) is 0 Å². The second kappa shape index (κ2) is 10.8. The lowest BCUT2D eigenvalue weighted by atomic mass is 9.99. The minimum atomic E-state index is 0.0670. The molecular weight excluding hydrogens is 319 g/mol. The van der Waals surface area contributed by atoms with Crippen LogP contribution in [0.25, 0.3) is 5.57 Å². The number of halogens is 2. The van der Waals surface area contributed by atoms with Gasteiger partial charge >= 0.3 is 0 Å². The van der Waals surface area contributed by atoms with Crippen molar-refractivity contribution in [2.24, 2.45) is 0 Å². The van der Waals surface area contributed by atoms with Gasteiger partial charge in [0.05, 0.1) is 18.4 Å². The van der Waals surface area contributed by atoms with Gasteiger partial charge in [-0.05, 0) is 30.5 Å². The van der Waals surface area contributed by atoms with Crippen LogP contribution in [-0.4, -0.2) is 12.2 Å². The molecule has 1 N–H and O–H groups in total. The van der Waals surface area contributed by atoms with Crippen LogP contribution in [0.5, 0.6) is 5.75 Å². The van der Waals surface area contributed by atoms with E-state index in [4.69, 9.17) is 27.9 Å². The van der Waals surface area contributed by atoms with E-state index >= 15 is 0 Å². The maximum atomic E-state index is 10.1. The van der Waals surface area contributed by atoms with Gasteiger partial charge in [-0.15, -0.1) is 0 Å². The van der Waals surface area contributed by atoms with Crippen molar-refractivity contribution in [3.8, 4) is 5.75 Å². The van der Waals surface area contributed by atoms with Crippen LogP contribution in [0.3, 0.4) is 0 Å². The Morgan fingerprint density at radius 2 is 1.73 bits per heavy atom. The molecule has 0 atom stereocenters. The van der Waals surface area contributed by atoms with E-state index in [1.54, 1.807) is 25.5 Å². The third-order valence-electron chi connectivity index (χ3n) is 3.68. The molecule has 0 saturated carbocycles. The second-order valence-corrected chi connectivity index (χ2v) is 6.38. The zero-order valence-electron chi connectivity index (χ0n) is 13.5. The minimum Gasteiger partial charge on any atom is -0.506 e. The van der Waals surface area contributed by atoms with Gasteiger partial charge in [-0.25, -0.2) is 0 Å². The fourth-order valence-corrected chi connectivity index (χ4v) is 2.98. The number of allylic oxidation sites excluding steroid dienone is 1. The van der Waals surface area contributed by atoms with Crippen molar-refractivity contribution < 1.29 is 9.84 Å². The predicted molar refractivity (Wildman–Crippen MR) is 95.7 cm³/mol. The van der Waals surface area contributed by atoms with Crippen LogP contribution in [0.4, 0.5) is 0 Å². The number of phenols is 1.